The van der Waals surface area contributed by atoms with Crippen LogP contribution in [-0.2, 0) is 42.6 Å². The number of aromatic nitrogens is 1. The third kappa shape index (κ3) is 6.62. The number of hydrogen-bond acceptors (Lipinski definition) is 8. The van der Waals surface area contributed by atoms with Gasteiger partial charge in [-0.2, -0.15) is 0 Å². The molecule has 8 bridgehead atoms. The summed E-state index contributed by atoms with van der Waals surface area (Å²) in [5.41, 5.74) is 13.6. The van der Waals surface area contributed by atoms with Crippen LogP contribution < -0.4 is 10.1 Å². The minimum Gasteiger partial charge on any atom is -0.877 e. The number of rotatable bonds is 8. The van der Waals surface area contributed by atoms with Crippen LogP contribution in [0.1, 0.15) is 89.2 Å². The first-order valence-corrected chi connectivity index (χ1v) is 15.7. The predicted octanol–water partition coefficient (Wildman–Crippen LogP) is 5.97. The van der Waals surface area contributed by atoms with E-state index in [1.54, 1.807) is 0 Å². The number of fused-ring (bicyclic) bond motifs is 5. The van der Waals surface area contributed by atoms with Crippen LogP contribution in [0.15, 0.2) is 83.9 Å². The SMILES string of the molecule is CCC1=C(C)C2=Cc3[n-]c(c(CCC(=O)OC)c3C)/C(=C\[O-])C3=NC(=CC4=NC(=CC1=N2)C(C)=C4CC)C(C)=C3CCC(=O)OC.[Cu+2]. The molecular weight excluding hydrogens is 644 g/mol. The van der Waals surface area contributed by atoms with Crippen molar-refractivity contribution in [3.63, 3.8) is 0 Å². The van der Waals surface area contributed by atoms with Crippen LogP contribution in [0.4, 0.5) is 0 Å². The van der Waals surface area contributed by atoms with Crippen LogP contribution in [0.5, 0.6) is 0 Å². The quantitative estimate of drug-likeness (QED) is 0.189. The van der Waals surface area contributed by atoms with E-state index >= 15 is 0 Å². The maximum Gasteiger partial charge on any atom is 2.00 e. The molecule has 0 saturated carbocycles. The van der Waals surface area contributed by atoms with Crippen molar-refractivity contribution in [1.29, 1.82) is 0 Å². The van der Waals surface area contributed by atoms with Crippen molar-refractivity contribution >= 4 is 40.7 Å². The first-order valence-electron chi connectivity index (χ1n) is 15.7. The van der Waals surface area contributed by atoms with Gasteiger partial charge in [0.1, 0.15) is 0 Å². The second kappa shape index (κ2) is 14.7. The van der Waals surface area contributed by atoms with Gasteiger partial charge in [-0.05, 0) is 105 Å². The normalized spacial score (nSPS) is 18.1. The molecule has 10 heteroatoms. The monoisotopic (exact) mass is 683 g/mol. The molecule has 0 fully saturated rings. The second-order valence-corrected chi connectivity index (χ2v) is 11.7. The molecule has 0 amide bonds. The van der Waals surface area contributed by atoms with Crippen LogP contribution in [0, 0.1) is 6.92 Å². The number of esters is 2. The Morgan fingerprint density at radius 3 is 1.77 bits per heavy atom. The fourth-order valence-corrected chi connectivity index (χ4v) is 6.48. The maximum atomic E-state index is 13.1. The van der Waals surface area contributed by atoms with Crippen molar-refractivity contribution in [3.8, 4) is 0 Å². The molecule has 5 heterocycles. The average Bonchev–Trinajstić information content (AvgIpc) is 3.72. The molecule has 0 spiro atoms. The smallest absolute Gasteiger partial charge is 0.877 e. The topological polar surface area (TPSA) is 127 Å². The maximum absolute atomic E-state index is 13.1. The van der Waals surface area contributed by atoms with Gasteiger partial charge in [-0.25, -0.2) is 15.0 Å². The van der Waals surface area contributed by atoms with Gasteiger partial charge in [0.05, 0.1) is 48.4 Å². The van der Waals surface area contributed by atoms with Gasteiger partial charge in [-0.3, -0.25) is 9.59 Å². The van der Waals surface area contributed by atoms with Gasteiger partial charge in [-0.15, -0.1) is 17.6 Å². The van der Waals surface area contributed by atoms with E-state index in [9.17, 15) is 14.7 Å². The van der Waals surface area contributed by atoms with Gasteiger partial charge in [0.2, 0.25) is 0 Å². The number of allylic oxidation sites excluding steroid dienone is 9. The molecule has 9 nitrogen and oxygen atoms in total. The molecule has 0 aliphatic carbocycles. The van der Waals surface area contributed by atoms with Gasteiger partial charge >= 0.3 is 29.0 Å². The minimum atomic E-state index is -0.356. The summed E-state index contributed by atoms with van der Waals surface area (Å²) in [6, 6.07) is 0. The fourth-order valence-electron chi connectivity index (χ4n) is 6.48. The molecular formula is C37H40CuN4O5. The van der Waals surface area contributed by atoms with Crippen LogP contribution in [0.2, 0.25) is 0 Å². The number of ether oxygens (including phenoxy) is 2. The molecule has 0 atom stereocenters. The Kier molecular flexibility index (Phi) is 11.1. The molecule has 1 aromatic heterocycles. The standard InChI is InChI=1S/C37H41N4O5.Cu/c1-9-23-19(3)28-15-30-21(5)25(11-13-34(43)45-7)36(40-30)27(18-42)37-26(12-14-35(44)46-8)22(6)31(41-37)17-33-24(10-2)20(4)29(39-33)16-32(23)38-28;/h15-18H,9-14H2,1-8H3,(H-,38,39,40,41,42);/q-1;+2/p-1. The second-order valence-electron chi connectivity index (χ2n) is 11.7. The molecule has 249 valence electrons. The largest absolute Gasteiger partial charge is 2.00 e. The Labute approximate surface area is 286 Å². The van der Waals surface area contributed by atoms with E-state index in [1.807, 2.05) is 26.0 Å². The van der Waals surface area contributed by atoms with E-state index in [-0.39, 0.29) is 41.8 Å². The molecule has 0 N–H and O–H groups in total. The molecule has 47 heavy (non-hydrogen) atoms. The molecule has 0 unspecified atom stereocenters. The number of carbonyl (C=O) groups is 2. The van der Waals surface area contributed by atoms with Gasteiger partial charge in [0.25, 0.3) is 0 Å². The van der Waals surface area contributed by atoms with E-state index < -0.39 is 0 Å². The first kappa shape index (κ1) is 35.6. The fraction of sp³-hybridized carbons (Fsp3) is 0.378. The Balaban J connectivity index is 0.00000500. The Morgan fingerprint density at radius 2 is 1.26 bits per heavy atom. The molecule has 0 saturated heterocycles. The Bertz CT molecular complexity index is 1850. The zero-order chi connectivity index (χ0) is 33.3. The Hall–Kier alpha value is -4.27. The summed E-state index contributed by atoms with van der Waals surface area (Å²) in [6.45, 7) is 12.3. The Morgan fingerprint density at radius 1 is 0.766 bits per heavy atom. The van der Waals surface area contributed by atoms with Crippen LogP contribution >= 0.6 is 0 Å². The van der Waals surface area contributed by atoms with E-state index in [4.69, 9.17) is 29.4 Å². The third-order valence-electron chi connectivity index (χ3n) is 9.25. The van der Waals surface area contributed by atoms with Gasteiger partial charge in [0, 0.05) is 12.8 Å². The zero-order valence-electron chi connectivity index (χ0n) is 28.2. The molecule has 4 aliphatic rings. The number of methoxy groups -OCH3 is 2. The summed E-state index contributed by atoms with van der Waals surface area (Å²) in [5, 5.41) is 13.1. The summed E-state index contributed by atoms with van der Waals surface area (Å²) in [6.07, 6.45) is 9.25. The van der Waals surface area contributed by atoms with Crippen LogP contribution in [0.3, 0.4) is 0 Å². The number of aliphatic imine (C=N–C) groups is 3. The zero-order valence-corrected chi connectivity index (χ0v) is 29.1. The summed E-state index contributed by atoms with van der Waals surface area (Å²) in [5.74, 6) is -0.711. The van der Waals surface area contributed by atoms with Crippen molar-refractivity contribution in [2.24, 2.45) is 15.0 Å². The minimum absolute atomic E-state index is 0. The van der Waals surface area contributed by atoms with Crippen molar-refractivity contribution in [1.82, 2.24) is 4.98 Å². The summed E-state index contributed by atoms with van der Waals surface area (Å²) < 4.78 is 9.87. The molecule has 4 aliphatic heterocycles. The molecule has 5 rings (SSSR count). The number of hydrogen-bond donors (Lipinski definition) is 0. The van der Waals surface area contributed by atoms with E-state index in [1.165, 1.54) is 14.2 Å². The van der Waals surface area contributed by atoms with Crippen molar-refractivity contribution in [2.75, 3.05) is 14.2 Å². The summed E-state index contributed by atoms with van der Waals surface area (Å²) >= 11 is 0. The third-order valence-corrected chi connectivity index (χ3v) is 9.25. The van der Waals surface area contributed by atoms with Crippen LogP contribution in [0.25, 0.3) is 11.6 Å². The molecule has 1 aromatic rings. The number of carbonyl (C=O) groups excluding carboxylic acids is 2. The van der Waals surface area contributed by atoms with E-state index in [2.05, 4.69) is 33.8 Å². The summed E-state index contributed by atoms with van der Waals surface area (Å²) in [4.78, 5) is 44.6. The molecule has 1 radical (unpaired) electrons. The van der Waals surface area contributed by atoms with Crippen molar-refractivity contribution in [2.45, 2.75) is 80.1 Å². The average molecular weight is 684 g/mol. The van der Waals surface area contributed by atoms with Gasteiger partial charge in [-0.1, -0.05) is 31.1 Å². The van der Waals surface area contributed by atoms with Crippen LogP contribution in [-0.4, -0.2) is 43.3 Å². The van der Waals surface area contributed by atoms with Crippen molar-refractivity contribution < 1.29 is 41.2 Å². The van der Waals surface area contributed by atoms with E-state index in [0.717, 1.165) is 86.5 Å². The molecule has 0 aromatic carbocycles. The number of nitrogens with zero attached hydrogens (tertiary/aromatic N) is 4. The van der Waals surface area contributed by atoms with Gasteiger partial charge < -0.3 is 19.6 Å². The van der Waals surface area contributed by atoms with E-state index in [0.29, 0.717) is 41.2 Å². The summed E-state index contributed by atoms with van der Waals surface area (Å²) in [7, 11) is 2.71. The predicted molar refractivity (Wildman–Crippen MR) is 179 cm³/mol. The van der Waals surface area contributed by atoms with Crippen molar-refractivity contribution in [3.05, 3.63) is 91.5 Å². The van der Waals surface area contributed by atoms with Gasteiger partial charge in [0.15, 0.2) is 0 Å². The first-order chi connectivity index (χ1) is 22.1.